The number of amides is 2. The van der Waals surface area contributed by atoms with Gasteiger partial charge in [-0.1, -0.05) is 48.5 Å². The number of hydrogen-bond acceptors (Lipinski definition) is 14. The third-order valence-electron chi connectivity index (χ3n) is 10.9. The van der Waals surface area contributed by atoms with Crippen molar-refractivity contribution in [2.24, 2.45) is 4.99 Å². The van der Waals surface area contributed by atoms with E-state index in [1.165, 1.54) is 18.2 Å². The highest BCUT2D eigenvalue weighted by atomic mass is 19.1. The van der Waals surface area contributed by atoms with E-state index in [1.54, 1.807) is 65.8 Å². The normalized spacial score (nSPS) is 15.0. The Balaban J connectivity index is 1.33. The van der Waals surface area contributed by atoms with Crippen molar-refractivity contribution in [2.45, 2.75) is 105 Å². The smallest absolute Gasteiger partial charge is 0.414 e. The van der Waals surface area contributed by atoms with E-state index in [0.29, 0.717) is 84.1 Å². The molecule has 17 nitrogen and oxygen atoms in total. The van der Waals surface area contributed by atoms with Crippen molar-refractivity contribution >= 4 is 29.5 Å². The van der Waals surface area contributed by atoms with E-state index in [9.17, 15) is 29.4 Å². The molecule has 0 radical (unpaired) electrons. The lowest BCUT2D eigenvalue weighted by Gasteiger charge is -2.29. The highest BCUT2D eigenvalue weighted by Crippen LogP contribution is 2.21. The average molecular weight is 970 g/mol. The summed E-state index contributed by atoms with van der Waals surface area (Å²) in [6, 6.07) is 34.9. The van der Waals surface area contributed by atoms with E-state index < -0.39 is 28.3 Å². The fourth-order valence-corrected chi connectivity index (χ4v) is 8.01. The van der Waals surface area contributed by atoms with Gasteiger partial charge in [0.25, 0.3) is 5.69 Å². The molecular formula is C53H64FN11O6. The van der Waals surface area contributed by atoms with Crippen molar-refractivity contribution in [2.75, 3.05) is 32.7 Å². The molecule has 0 fully saturated rings. The topological polar surface area (TPSA) is 195 Å². The molecule has 0 spiro atoms. The number of ether oxygens (including phenoxy) is 2. The van der Waals surface area contributed by atoms with Crippen molar-refractivity contribution < 1.29 is 28.4 Å². The van der Waals surface area contributed by atoms with Gasteiger partial charge in [0, 0.05) is 77.6 Å². The van der Waals surface area contributed by atoms with Gasteiger partial charge < -0.3 is 9.47 Å². The number of nitro groups is 1. The molecule has 0 atom stereocenters. The molecule has 0 aliphatic carbocycles. The highest BCUT2D eigenvalue weighted by molar-refractivity contribution is 6.02. The van der Waals surface area contributed by atoms with Gasteiger partial charge in [-0.05, 0) is 120 Å². The first-order chi connectivity index (χ1) is 33.8. The van der Waals surface area contributed by atoms with Crippen molar-refractivity contribution in [1.82, 2.24) is 40.2 Å². The first-order valence-electron chi connectivity index (χ1n) is 23.6. The molecule has 0 unspecified atom stereocenters. The quantitative estimate of drug-likeness (QED) is 0.0468. The van der Waals surface area contributed by atoms with Crippen LogP contribution in [0.25, 0.3) is 0 Å². The summed E-state index contributed by atoms with van der Waals surface area (Å²) >= 11 is 0. The number of guanidine groups is 1. The third kappa shape index (κ3) is 18.9. The van der Waals surface area contributed by atoms with Crippen LogP contribution in [-0.4, -0.2) is 96.6 Å². The van der Waals surface area contributed by atoms with Crippen LogP contribution in [0.15, 0.2) is 114 Å². The summed E-state index contributed by atoms with van der Waals surface area (Å²) in [5, 5.41) is 26.9. The number of non-ortho nitro benzene ring substituents is 1. The largest absolute Gasteiger partial charge is 0.444 e. The summed E-state index contributed by atoms with van der Waals surface area (Å²) in [5.74, 6) is -0.486. The van der Waals surface area contributed by atoms with Crippen molar-refractivity contribution in [3.8, 4) is 6.07 Å². The van der Waals surface area contributed by atoms with Crippen molar-refractivity contribution in [3.05, 3.63) is 165 Å². The molecule has 3 heterocycles. The molecule has 2 N–H and O–H groups in total. The second kappa shape index (κ2) is 25.1. The Morgan fingerprint density at radius 3 is 1.69 bits per heavy atom. The lowest BCUT2D eigenvalue weighted by atomic mass is 10.1. The van der Waals surface area contributed by atoms with Crippen LogP contribution in [0.2, 0.25) is 0 Å². The Kier molecular flexibility index (Phi) is 18.8. The van der Waals surface area contributed by atoms with Crippen LogP contribution < -0.4 is 10.6 Å². The maximum atomic E-state index is 14.4. The number of rotatable bonds is 9. The third-order valence-corrected chi connectivity index (χ3v) is 10.9. The van der Waals surface area contributed by atoms with E-state index in [4.69, 9.17) is 19.4 Å². The lowest BCUT2D eigenvalue weighted by Crippen LogP contribution is -2.47. The lowest BCUT2D eigenvalue weighted by molar-refractivity contribution is -0.384. The van der Waals surface area contributed by atoms with Gasteiger partial charge >= 0.3 is 12.2 Å². The van der Waals surface area contributed by atoms with Crippen LogP contribution in [-0.2, 0) is 55.3 Å². The predicted octanol–water partition coefficient (Wildman–Crippen LogP) is 9.00. The summed E-state index contributed by atoms with van der Waals surface area (Å²) in [7, 11) is 0. The molecule has 18 heteroatoms. The monoisotopic (exact) mass is 970 g/mol. The first kappa shape index (κ1) is 53.2. The van der Waals surface area contributed by atoms with E-state index in [1.807, 2.05) is 66.7 Å². The number of benzene rings is 3. The van der Waals surface area contributed by atoms with Crippen LogP contribution in [0.4, 0.5) is 25.4 Å². The fourth-order valence-electron chi connectivity index (χ4n) is 8.01. The van der Waals surface area contributed by atoms with Gasteiger partial charge in [0.2, 0.25) is 5.96 Å². The summed E-state index contributed by atoms with van der Waals surface area (Å²) in [6.07, 6.45) is -0.912. The van der Waals surface area contributed by atoms with Gasteiger partial charge in [-0.3, -0.25) is 50.3 Å². The molecule has 5 aromatic rings. The Morgan fingerprint density at radius 2 is 1.13 bits per heavy atom. The predicted molar refractivity (Wildman–Crippen MR) is 268 cm³/mol. The Labute approximate surface area is 415 Å². The van der Waals surface area contributed by atoms with E-state index in [-0.39, 0.29) is 24.0 Å². The van der Waals surface area contributed by atoms with Gasteiger partial charge in [-0.25, -0.2) is 19.0 Å². The number of carbonyl (C=O) groups is 2. The molecule has 6 rings (SSSR count). The maximum Gasteiger partial charge on any atom is 0.414 e. The summed E-state index contributed by atoms with van der Waals surface area (Å²) in [6.45, 7) is 16.1. The number of hydrogen-bond donors (Lipinski definition) is 2. The van der Waals surface area contributed by atoms with Crippen LogP contribution in [0.1, 0.15) is 87.4 Å². The second-order valence-electron chi connectivity index (χ2n) is 19.5. The molecule has 0 saturated heterocycles. The summed E-state index contributed by atoms with van der Waals surface area (Å²) < 4.78 is 25.3. The van der Waals surface area contributed by atoms with Crippen LogP contribution in [0.5, 0.6) is 0 Å². The summed E-state index contributed by atoms with van der Waals surface area (Å²) in [5.41, 5.74) is 4.63. The Morgan fingerprint density at radius 1 is 0.662 bits per heavy atom. The molecule has 2 aromatic heterocycles. The van der Waals surface area contributed by atoms with E-state index >= 15 is 0 Å². The average Bonchev–Trinajstić information content (AvgIpc) is 3.27. The molecule has 71 heavy (non-hydrogen) atoms. The zero-order chi connectivity index (χ0) is 51.0. The maximum absolute atomic E-state index is 14.4. The number of nitro benzene ring substituents is 1. The molecule has 2 amide bonds. The number of alkyl carbamates (subject to hydrolysis) is 2. The summed E-state index contributed by atoms with van der Waals surface area (Å²) in [4.78, 5) is 60.8. The number of fused-ring (bicyclic) bond motifs is 4. The first-order valence-corrected chi connectivity index (χ1v) is 23.6. The molecule has 1 aliphatic rings. The SMILES string of the molecule is CC(C)(C)OC(=O)NC(=Nc1cccc(CN2CCCN(CC#N)Cc3cccc(n3)CN(Cc3cccc(F)c3)Cc3cccc(n3)CN(Cc3cccc([N+](=O)[O-])c3)CC2)c1)NC(=O)OC(C)(C)C. The highest BCUT2D eigenvalue weighted by Gasteiger charge is 2.23. The van der Waals surface area contributed by atoms with Crippen LogP contribution in [0.3, 0.4) is 0 Å². The molecule has 1 aliphatic heterocycles. The van der Waals surface area contributed by atoms with Crippen LogP contribution in [0, 0.1) is 27.3 Å². The van der Waals surface area contributed by atoms with Gasteiger partial charge in [0.05, 0.1) is 46.0 Å². The molecule has 374 valence electrons. The number of aliphatic imine (C=N–C) groups is 1. The second-order valence-corrected chi connectivity index (χ2v) is 19.5. The molecule has 4 bridgehead atoms. The molecular weight excluding hydrogens is 906 g/mol. The van der Waals surface area contributed by atoms with Crippen LogP contribution >= 0.6 is 0 Å². The number of nitrogens with one attached hydrogen (secondary N) is 2. The number of pyridine rings is 2. The van der Waals surface area contributed by atoms with Crippen molar-refractivity contribution in [3.63, 3.8) is 0 Å². The Hall–Kier alpha value is -7.17. The number of carbonyl (C=O) groups excluding carboxylic acids is 2. The number of nitrogens with zero attached hydrogens (tertiary/aromatic N) is 9. The van der Waals surface area contributed by atoms with Gasteiger partial charge in [0.1, 0.15) is 17.0 Å². The zero-order valence-corrected chi connectivity index (χ0v) is 41.4. The zero-order valence-electron chi connectivity index (χ0n) is 41.4. The molecule has 3 aromatic carbocycles. The standard InChI is InChI=1S/C53H64FN11O6/c1-52(2,3)70-50(66)59-49(60-51(67)71-53(4,5)6)58-43-17-8-14-40(30-43)32-62-25-12-24-61(26-23-55)35-44-18-10-20-46(56-44)37-64(34-39-13-7-16-42(54)29-39)38-47-21-11-19-45(57-47)36-63(28-27-62)33-41-15-9-22-48(31-41)65(68)69/h7-11,13-22,29-31H,12,24-28,32-38H2,1-6H3,(H2,58,59,60,66,67). The Bertz CT molecular complexity index is 2650. The number of halogens is 1. The van der Waals surface area contributed by atoms with Gasteiger partial charge in [-0.2, -0.15) is 5.26 Å². The molecule has 0 saturated carbocycles. The minimum absolute atomic E-state index is 0.00914. The van der Waals surface area contributed by atoms with Gasteiger partial charge in [-0.15, -0.1) is 0 Å². The van der Waals surface area contributed by atoms with Crippen molar-refractivity contribution in [1.29, 1.82) is 5.26 Å². The number of aromatic nitrogens is 2. The fraction of sp³-hybridized carbons (Fsp3) is 0.396. The van der Waals surface area contributed by atoms with Gasteiger partial charge in [0.15, 0.2) is 0 Å². The number of nitriles is 1. The van der Waals surface area contributed by atoms with E-state index in [2.05, 4.69) is 41.3 Å². The van der Waals surface area contributed by atoms with E-state index in [0.717, 1.165) is 39.5 Å². The minimum atomic E-state index is -0.810. The minimum Gasteiger partial charge on any atom is -0.444 e.